The monoisotopic (exact) mass is 245 g/mol. The van der Waals surface area contributed by atoms with E-state index < -0.39 is 5.60 Å². The van der Waals surface area contributed by atoms with Crippen molar-refractivity contribution in [2.75, 3.05) is 13.6 Å². The van der Waals surface area contributed by atoms with Crippen LogP contribution in [0.5, 0.6) is 0 Å². The van der Waals surface area contributed by atoms with Gasteiger partial charge in [0.1, 0.15) is 0 Å². The zero-order chi connectivity index (χ0) is 12.6. The maximum Gasteiger partial charge on any atom is 0.0951 e. The highest BCUT2D eigenvalue weighted by atomic mass is 16.3. The number of piperidine rings is 1. The number of aliphatic hydroxyl groups is 1. The average Bonchev–Trinajstić information content (AvgIpc) is 2.44. The van der Waals surface area contributed by atoms with Crippen LogP contribution in [0.4, 0.5) is 0 Å². The van der Waals surface area contributed by atoms with Gasteiger partial charge in [0.15, 0.2) is 0 Å². The largest absolute Gasteiger partial charge is 0.385 e. The maximum absolute atomic E-state index is 11.2. The van der Waals surface area contributed by atoms with Gasteiger partial charge in [-0.1, -0.05) is 43.2 Å². The molecule has 3 unspecified atom stereocenters. The van der Waals surface area contributed by atoms with E-state index in [1.807, 2.05) is 18.2 Å². The number of rotatable bonds is 1. The van der Waals surface area contributed by atoms with E-state index in [1.54, 1.807) is 0 Å². The number of benzene rings is 1. The van der Waals surface area contributed by atoms with Crippen LogP contribution in [0.2, 0.25) is 0 Å². The summed E-state index contributed by atoms with van der Waals surface area (Å²) in [6.45, 7) is 1.01. The van der Waals surface area contributed by atoms with Crippen LogP contribution in [0, 0.1) is 5.92 Å². The molecule has 0 bridgehead atoms. The van der Waals surface area contributed by atoms with Crippen LogP contribution in [0.1, 0.15) is 37.7 Å². The second-order valence-corrected chi connectivity index (χ2v) is 5.98. The number of nitrogens with zero attached hydrogens (tertiary/aromatic N) is 1. The first-order valence-electron chi connectivity index (χ1n) is 7.20. The fourth-order valence-corrected chi connectivity index (χ4v) is 3.98. The van der Waals surface area contributed by atoms with E-state index in [-0.39, 0.29) is 0 Å². The molecule has 18 heavy (non-hydrogen) atoms. The van der Waals surface area contributed by atoms with Crippen molar-refractivity contribution < 1.29 is 5.11 Å². The van der Waals surface area contributed by atoms with Gasteiger partial charge in [0.05, 0.1) is 5.60 Å². The first-order chi connectivity index (χ1) is 8.72. The molecule has 3 rings (SSSR count). The molecule has 1 heterocycles. The van der Waals surface area contributed by atoms with Crippen molar-refractivity contribution in [3.05, 3.63) is 35.9 Å². The molecule has 3 atom stereocenters. The Morgan fingerprint density at radius 3 is 2.67 bits per heavy atom. The lowest BCUT2D eigenvalue weighted by atomic mass is 9.66. The molecule has 2 heteroatoms. The summed E-state index contributed by atoms with van der Waals surface area (Å²) >= 11 is 0. The number of fused-ring (bicyclic) bond motifs is 1. The van der Waals surface area contributed by atoms with Crippen LogP contribution < -0.4 is 0 Å². The van der Waals surface area contributed by atoms with Crippen LogP contribution in [0.25, 0.3) is 0 Å². The summed E-state index contributed by atoms with van der Waals surface area (Å²) in [5, 5.41) is 11.2. The molecule has 2 fully saturated rings. The minimum atomic E-state index is -0.598. The Balaban J connectivity index is 1.95. The van der Waals surface area contributed by atoms with Gasteiger partial charge in [0, 0.05) is 18.5 Å². The second-order valence-electron chi connectivity index (χ2n) is 5.98. The highest BCUT2D eigenvalue weighted by molar-refractivity contribution is 5.25. The third kappa shape index (κ3) is 1.88. The molecule has 1 N–H and O–H groups in total. The summed E-state index contributed by atoms with van der Waals surface area (Å²) in [4.78, 5) is 2.46. The van der Waals surface area contributed by atoms with Crippen molar-refractivity contribution in [2.45, 2.75) is 43.7 Å². The Morgan fingerprint density at radius 2 is 1.89 bits per heavy atom. The molecule has 1 saturated heterocycles. The molecule has 1 saturated carbocycles. The summed E-state index contributed by atoms with van der Waals surface area (Å²) in [6, 6.07) is 10.9. The van der Waals surface area contributed by atoms with E-state index in [0.29, 0.717) is 12.0 Å². The van der Waals surface area contributed by atoms with Crippen molar-refractivity contribution in [3.8, 4) is 0 Å². The predicted octanol–water partition coefficient (Wildman–Crippen LogP) is 2.77. The second kappa shape index (κ2) is 4.67. The molecule has 0 aromatic heterocycles. The van der Waals surface area contributed by atoms with Crippen LogP contribution in [0.3, 0.4) is 0 Å². The smallest absolute Gasteiger partial charge is 0.0951 e. The van der Waals surface area contributed by atoms with E-state index in [1.165, 1.54) is 25.7 Å². The minimum absolute atomic E-state index is 0.410. The van der Waals surface area contributed by atoms with Crippen molar-refractivity contribution in [2.24, 2.45) is 5.92 Å². The molecule has 2 nitrogen and oxygen atoms in total. The van der Waals surface area contributed by atoms with E-state index >= 15 is 0 Å². The third-order valence-electron chi connectivity index (χ3n) is 5.03. The van der Waals surface area contributed by atoms with E-state index in [9.17, 15) is 5.11 Å². The summed E-state index contributed by atoms with van der Waals surface area (Å²) in [7, 11) is 2.22. The Hall–Kier alpha value is -0.860. The topological polar surface area (TPSA) is 23.5 Å². The zero-order valence-corrected chi connectivity index (χ0v) is 11.2. The highest BCUT2D eigenvalue weighted by Gasteiger charge is 2.47. The molecule has 0 spiro atoms. The summed E-state index contributed by atoms with van der Waals surface area (Å²) in [5.41, 5.74) is 0.522. The first kappa shape index (κ1) is 12.2. The van der Waals surface area contributed by atoms with Gasteiger partial charge in [-0.05, 0) is 31.9 Å². The maximum atomic E-state index is 11.2. The van der Waals surface area contributed by atoms with Crippen LogP contribution >= 0.6 is 0 Å². The third-order valence-corrected chi connectivity index (χ3v) is 5.03. The highest BCUT2D eigenvalue weighted by Crippen LogP contribution is 2.46. The first-order valence-corrected chi connectivity index (χ1v) is 7.20. The molecular formula is C16H23NO. The van der Waals surface area contributed by atoms with Gasteiger partial charge in [-0.15, -0.1) is 0 Å². The SMILES string of the molecule is CN1CCC(O)(c2ccccc2)C2CCCCC21. The molecule has 1 aromatic rings. The normalized spacial score (nSPS) is 37.2. The molecule has 1 aliphatic heterocycles. The van der Waals surface area contributed by atoms with Gasteiger partial charge >= 0.3 is 0 Å². The van der Waals surface area contributed by atoms with E-state index in [0.717, 1.165) is 18.5 Å². The summed E-state index contributed by atoms with van der Waals surface area (Å²) in [6.07, 6.45) is 5.87. The van der Waals surface area contributed by atoms with E-state index in [4.69, 9.17) is 0 Å². The van der Waals surface area contributed by atoms with Gasteiger partial charge in [0.25, 0.3) is 0 Å². The van der Waals surface area contributed by atoms with Gasteiger partial charge < -0.3 is 10.0 Å². The Morgan fingerprint density at radius 1 is 1.17 bits per heavy atom. The van der Waals surface area contributed by atoms with Gasteiger partial charge in [-0.2, -0.15) is 0 Å². The molecular weight excluding hydrogens is 222 g/mol. The molecule has 2 aliphatic rings. The standard InChI is InChI=1S/C16H23NO/c1-17-12-11-16(18,13-7-3-2-4-8-13)14-9-5-6-10-15(14)17/h2-4,7-8,14-15,18H,5-6,9-12H2,1H3. The fourth-order valence-electron chi connectivity index (χ4n) is 3.98. The predicted molar refractivity (Wildman–Crippen MR) is 73.3 cm³/mol. The molecule has 0 radical (unpaired) electrons. The molecule has 0 amide bonds. The van der Waals surface area contributed by atoms with Crippen molar-refractivity contribution in [1.82, 2.24) is 4.90 Å². The van der Waals surface area contributed by atoms with Gasteiger partial charge in [-0.3, -0.25) is 0 Å². The summed E-state index contributed by atoms with van der Waals surface area (Å²) < 4.78 is 0. The quantitative estimate of drug-likeness (QED) is 0.822. The molecule has 1 aliphatic carbocycles. The lowest BCUT2D eigenvalue weighted by Gasteiger charge is -2.51. The Kier molecular flexibility index (Phi) is 3.16. The van der Waals surface area contributed by atoms with Crippen LogP contribution in [0.15, 0.2) is 30.3 Å². The van der Waals surface area contributed by atoms with Crippen LogP contribution in [-0.4, -0.2) is 29.6 Å². The lowest BCUT2D eigenvalue weighted by molar-refractivity contribution is -0.114. The zero-order valence-electron chi connectivity index (χ0n) is 11.2. The van der Waals surface area contributed by atoms with Crippen molar-refractivity contribution in [3.63, 3.8) is 0 Å². The fraction of sp³-hybridized carbons (Fsp3) is 0.625. The molecule has 98 valence electrons. The summed E-state index contributed by atoms with van der Waals surface area (Å²) in [5.74, 6) is 0.410. The van der Waals surface area contributed by atoms with Crippen molar-refractivity contribution in [1.29, 1.82) is 0 Å². The average molecular weight is 245 g/mol. The van der Waals surface area contributed by atoms with Crippen LogP contribution in [-0.2, 0) is 5.60 Å². The Bertz CT molecular complexity index is 405. The van der Waals surface area contributed by atoms with Crippen molar-refractivity contribution >= 4 is 0 Å². The van der Waals surface area contributed by atoms with E-state index in [2.05, 4.69) is 24.1 Å². The minimum Gasteiger partial charge on any atom is -0.385 e. The molecule has 1 aromatic carbocycles. The lowest BCUT2D eigenvalue weighted by Crippen LogP contribution is -2.56. The number of likely N-dealkylation sites (tertiary alicyclic amines) is 1. The van der Waals surface area contributed by atoms with Gasteiger partial charge in [0.2, 0.25) is 0 Å². The Labute approximate surface area is 110 Å². The number of hydrogen-bond acceptors (Lipinski definition) is 2. The number of hydrogen-bond donors (Lipinski definition) is 1. The van der Waals surface area contributed by atoms with Gasteiger partial charge in [-0.25, -0.2) is 0 Å².